The minimum atomic E-state index is -0.225. The van der Waals surface area contributed by atoms with Gasteiger partial charge in [0.05, 0.1) is 25.3 Å². The third-order valence-electron chi connectivity index (χ3n) is 4.77. The number of carbonyl (C=O) groups is 1. The van der Waals surface area contributed by atoms with Crippen LogP contribution in [0.15, 0.2) is 60.4 Å². The van der Waals surface area contributed by atoms with Crippen molar-refractivity contribution in [2.24, 2.45) is 0 Å². The van der Waals surface area contributed by atoms with Gasteiger partial charge in [-0.2, -0.15) is 5.26 Å². The van der Waals surface area contributed by atoms with Crippen LogP contribution in [0.4, 0.5) is 5.69 Å². The lowest BCUT2D eigenvalue weighted by molar-refractivity contribution is -0.113. The molecule has 0 radical (unpaired) electrons. The molecule has 1 amide bonds. The van der Waals surface area contributed by atoms with Crippen molar-refractivity contribution in [1.29, 1.82) is 5.26 Å². The number of benzene rings is 2. The quantitative estimate of drug-likeness (QED) is 0.519. The number of para-hydroxylation sites is 1. The largest absolute Gasteiger partial charge is 0.497 e. The van der Waals surface area contributed by atoms with E-state index >= 15 is 0 Å². The number of carbonyl (C=O) groups excluding carboxylic acids is 1. The Morgan fingerprint density at radius 2 is 2.07 bits per heavy atom. The van der Waals surface area contributed by atoms with Gasteiger partial charge in [-0.15, -0.1) is 0 Å². The molecule has 0 spiro atoms. The van der Waals surface area contributed by atoms with E-state index in [1.54, 1.807) is 19.3 Å². The first kappa shape index (κ1) is 18.7. The summed E-state index contributed by atoms with van der Waals surface area (Å²) < 4.78 is 7.28. The molecule has 0 bridgehead atoms. The van der Waals surface area contributed by atoms with Gasteiger partial charge >= 0.3 is 0 Å². The normalized spacial score (nSPS) is 15.0. The van der Waals surface area contributed by atoms with Crippen molar-refractivity contribution in [3.63, 3.8) is 0 Å². The van der Waals surface area contributed by atoms with Gasteiger partial charge in [0.15, 0.2) is 5.11 Å². The van der Waals surface area contributed by atoms with Gasteiger partial charge in [0, 0.05) is 35.3 Å². The van der Waals surface area contributed by atoms with Crippen molar-refractivity contribution in [1.82, 2.24) is 9.88 Å². The van der Waals surface area contributed by atoms with Crippen LogP contribution in [0.25, 0.3) is 17.0 Å². The van der Waals surface area contributed by atoms with E-state index in [0.717, 1.165) is 16.5 Å². The van der Waals surface area contributed by atoms with Gasteiger partial charge in [-0.1, -0.05) is 24.3 Å². The fourth-order valence-corrected chi connectivity index (χ4v) is 3.72. The van der Waals surface area contributed by atoms with Gasteiger partial charge in [0.25, 0.3) is 5.91 Å². The number of nitrogens with one attached hydrogen (secondary N) is 1. The van der Waals surface area contributed by atoms with E-state index in [9.17, 15) is 4.79 Å². The molecular formula is C22H18N4O2S. The van der Waals surface area contributed by atoms with Crippen LogP contribution in [-0.2, 0) is 11.3 Å². The molecule has 3 aromatic rings. The Bertz CT molecular complexity index is 1190. The van der Waals surface area contributed by atoms with Crippen LogP contribution >= 0.6 is 12.2 Å². The summed E-state index contributed by atoms with van der Waals surface area (Å²) in [4.78, 5) is 14.5. The molecule has 1 aliphatic heterocycles. The van der Waals surface area contributed by atoms with Crippen molar-refractivity contribution < 1.29 is 9.53 Å². The highest BCUT2D eigenvalue weighted by Gasteiger charge is 2.32. The molecule has 0 unspecified atom stereocenters. The lowest BCUT2D eigenvalue weighted by Gasteiger charge is -2.14. The topological polar surface area (TPSA) is 70.3 Å². The van der Waals surface area contributed by atoms with Crippen LogP contribution < -0.4 is 15.0 Å². The highest BCUT2D eigenvalue weighted by atomic mass is 32.1. The molecule has 0 aliphatic carbocycles. The summed E-state index contributed by atoms with van der Waals surface area (Å²) in [6, 6.07) is 17.3. The number of rotatable bonds is 5. The fraction of sp³-hybridized carbons (Fsp3) is 0.136. The summed E-state index contributed by atoms with van der Waals surface area (Å²) >= 11 is 5.40. The van der Waals surface area contributed by atoms with E-state index < -0.39 is 0 Å². The number of aromatic nitrogens is 1. The highest BCUT2D eigenvalue weighted by Crippen LogP contribution is 2.28. The molecule has 1 saturated heterocycles. The average molecular weight is 402 g/mol. The monoisotopic (exact) mass is 402 g/mol. The molecule has 29 heavy (non-hydrogen) atoms. The first-order valence-corrected chi connectivity index (χ1v) is 9.49. The van der Waals surface area contributed by atoms with Crippen LogP contribution in [0, 0.1) is 11.3 Å². The van der Waals surface area contributed by atoms with Crippen LogP contribution in [0.3, 0.4) is 0 Å². The summed E-state index contributed by atoms with van der Waals surface area (Å²) in [6.45, 7) is 0.593. The molecule has 6 nitrogen and oxygen atoms in total. The Morgan fingerprint density at radius 3 is 2.86 bits per heavy atom. The summed E-state index contributed by atoms with van der Waals surface area (Å²) in [7, 11) is 1.58. The van der Waals surface area contributed by atoms with E-state index in [4.69, 9.17) is 22.2 Å². The Morgan fingerprint density at radius 1 is 1.24 bits per heavy atom. The summed E-state index contributed by atoms with van der Waals surface area (Å²) in [5.74, 6) is 0.424. The molecule has 1 fully saturated rings. The standard InChI is InChI=1S/C22H18N4O2S/c1-28-17-7-4-6-16(13-17)26-21(27)19(24-22(26)29)12-15-14-25(11-5-10-23)20-9-3-2-8-18(15)20/h2-4,6-9,12-14H,5,11H2,1H3,(H,24,29)/b19-12-. The van der Waals surface area contributed by atoms with E-state index in [0.29, 0.717) is 35.2 Å². The summed E-state index contributed by atoms with van der Waals surface area (Å²) in [6.07, 6.45) is 4.18. The number of ether oxygens (including phenoxy) is 1. The lowest BCUT2D eigenvalue weighted by Crippen LogP contribution is -2.30. The number of thiocarbonyl (C=S) groups is 1. The van der Waals surface area contributed by atoms with Crippen molar-refractivity contribution >= 4 is 45.9 Å². The van der Waals surface area contributed by atoms with Gasteiger partial charge in [-0.05, 0) is 36.5 Å². The second-order valence-electron chi connectivity index (χ2n) is 6.53. The van der Waals surface area contributed by atoms with Gasteiger partial charge in [0.2, 0.25) is 0 Å². The highest BCUT2D eigenvalue weighted by molar-refractivity contribution is 7.80. The van der Waals surface area contributed by atoms with Crippen LogP contribution in [0.2, 0.25) is 0 Å². The number of hydrogen-bond acceptors (Lipinski definition) is 4. The first-order valence-electron chi connectivity index (χ1n) is 9.08. The predicted molar refractivity (Wildman–Crippen MR) is 116 cm³/mol. The zero-order chi connectivity index (χ0) is 20.4. The van der Waals surface area contributed by atoms with Crippen LogP contribution in [0.1, 0.15) is 12.0 Å². The number of nitriles is 1. The fourth-order valence-electron chi connectivity index (χ4n) is 3.42. The molecule has 7 heteroatoms. The number of hydrogen-bond donors (Lipinski definition) is 1. The molecule has 1 N–H and O–H groups in total. The maximum Gasteiger partial charge on any atom is 0.281 e. The Hall–Kier alpha value is -3.63. The molecule has 4 rings (SSSR count). The SMILES string of the molecule is COc1cccc(N2C(=O)/C(=C/c3cn(CCC#N)c4ccccc34)NC2=S)c1. The van der Waals surface area contributed by atoms with Gasteiger partial charge < -0.3 is 14.6 Å². The lowest BCUT2D eigenvalue weighted by atomic mass is 10.1. The maximum absolute atomic E-state index is 13.1. The number of nitrogens with zero attached hydrogens (tertiary/aromatic N) is 3. The first-order chi connectivity index (χ1) is 14.1. The molecule has 2 aromatic carbocycles. The third-order valence-corrected chi connectivity index (χ3v) is 5.06. The average Bonchev–Trinajstić information content (AvgIpc) is 3.23. The molecular weight excluding hydrogens is 384 g/mol. The number of methoxy groups -OCH3 is 1. The molecule has 144 valence electrons. The van der Waals surface area contributed by atoms with Crippen LogP contribution in [-0.4, -0.2) is 22.7 Å². The van der Waals surface area contributed by atoms with Crippen molar-refractivity contribution in [2.75, 3.05) is 12.0 Å². The maximum atomic E-state index is 13.1. The van der Waals surface area contributed by atoms with E-state index in [1.165, 1.54) is 4.90 Å². The van der Waals surface area contributed by atoms with Crippen molar-refractivity contribution in [3.8, 4) is 11.8 Å². The number of amides is 1. The van der Waals surface area contributed by atoms with Crippen molar-refractivity contribution in [3.05, 3.63) is 66.0 Å². The molecule has 2 heterocycles. The van der Waals surface area contributed by atoms with E-state index in [1.807, 2.05) is 53.2 Å². The van der Waals surface area contributed by atoms with Gasteiger partial charge in [-0.25, -0.2) is 0 Å². The Labute approximate surface area is 173 Å². The second kappa shape index (κ2) is 7.78. The predicted octanol–water partition coefficient (Wildman–Crippen LogP) is 3.83. The summed E-state index contributed by atoms with van der Waals surface area (Å²) in [5, 5.41) is 13.3. The van der Waals surface area contributed by atoms with E-state index in [-0.39, 0.29) is 5.91 Å². The second-order valence-corrected chi connectivity index (χ2v) is 6.92. The molecule has 0 saturated carbocycles. The minimum Gasteiger partial charge on any atom is -0.497 e. The van der Waals surface area contributed by atoms with E-state index in [2.05, 4.69) is 11.4 Å². The van der Waals surface area contributed by atoms with Gasteiger partial charge in [-0.3, -0.25) is 9.69 Å². The van der Waals surface area contributed by atoms with Crippen molar-refractivity contribution in [2.45, 2.75) is 13.0 Å². The Balaban J connectivity index is 1.71. The molecule has 1 aromatic heterocycles. The smallest absolute Gasteiger partial charge is 0.281 e. The Kier molecular flexibility index (Phi) is 5.02. The number of aryl methyl sites for hydroxylation is 1. The summed E-state index contributed by atoms with van der Waals surface area (Å²) in [5.41, 5.74) is 2.96. The van der Waals surface area contributed by atoms with Crippen LogP contribution in [0.5, 0.6) is 5.75 Å². The molecule has 0 atom stereocenters. The minimum absolute atomic E-state index is 0.225. The number of anilines is 1. The third kappa shape index (κ3) is 3.46. The zero-order valence-electron chi connectivity index (χ0n) is 15.8. The zero-order valence-corrected chi connectivity index (χ0v) is 16.6. The van der Waals surface area contributed by atoms with Gasteiger partial charge in [0.1, 0.15) is 11.4 Å². The molecule has 1 aliphatic rings. The number of fused-ring (bicyclic) bond motifs is 1.